The lowest BCUT2D eigenvalue weighted by atomic mass is 10.1. The molecule has 0 saturated carbocycles. The Hall–Kier alpha value is -3.62. The van der Waals surface area contributed by atoms with E-state index in [1.165, 1.54) is 0 Å². The van der Waals surface area contributed by atoms with E-state index in [1.54, 1.807) is 41.5 Å². The fourth-order valence-corrected chi connectivity index (χ4v) is 2.90. The maximum absolute atomic E-state index is 12.8. The van der Waals surface area contributed by atoms with E-state index in [2.05, 4.69) is 30.5 Å². The van der Waals surface area contributed by atoms with E-state index in [-0.39, 0.29) is 18.5 Å². The molecule has 0 atom stereocenters. The van der Waals surface area contributed by atoms with Gasteiger partial charge in [0.05, 0.1) is 23.7 Å². The zero-order valence-corrected chi connectivity index (χ0v) is 15.7. The molecule has 4 aromatic rings. The molecule has 4 rings (SSSR count). The van der Waals surface area contributed by atoms with Gasteiger partial charge in [0.25, 0.3) is 5.91 Å². The van der Waals surface area contributed by atoms with Crippen LogP contribution in [-0.2, 0) is 6.54 Å². The Morgan fingerprint density at radius 1 is 1.25 bits per heavy atom. The van der Waals surface area contributed by atoms with Gasteiger partial charge in [-0.15, -0.1) is 0 Å². The number of amides is 1. The fraction of sp³-hybridized carbons (Fsp3) is 0.263. The molecule has 0 aliphatic carbocycles. The normalized spacial score (nSPS) is 11.3. The Kier molecular flexibility index (Phi) is 4.56. The van der Waals surface area contributed by atoms with Gasteiger partial charge in [-0.25, -0.2) is 9.67 Å². The SMILES string of the molecule is Cc1cc(C(=O)NCc2nc(-c3ccncc3)no2)c2cnn(C(C)C)c2n1. The summed E-state index contributed by atoms with van der Waals surface area (Å²) in [7, 11) is 0. The van der Waals surface area contributed by atoms with Gasteiger partial charge in [0.2, 0.25) is 11.7 Å². The summed E-state index contributed by atoms with van der Waals surface area (Å²) in [5, 5.41) is 11.8. The zero-order chi connectivity index (χ0) is 19.7. The Labute approximate surface area is 160 Å². The first-order valence-electron chi connectivity index (χ1n) is 8.89. The molecule has 0 aromatic carbocycles. The lowest BCUT2D eigenvalue weighted by Crippen LogP contribution is -2.23. The summed E-state index contributed by atoms with van der Waals surface area (Å²) in [5.74, 6) is 0.523. The molecule has 1 amide bonds. The first-order valence-corrected chi connectivity index (χ1v) is 8.89. The van der Waals surface area contributed by atoms with Crippen LogP contribution in [0.5, 0.6) is 0 Å². The van der Waals surface area contributed by atoms with Crippen LogP contribution in [0.1, 0.15) is 41.8 Å². The Balaban J connectivity index is 1.54. The van der Waals surface area contributed by atoms with Gasteiger partial charge in [0.1, 0.15) is 0 Å². The first kappa shape index (κ1) is 17.8. The van der Waals surface area contributed by atoms with Gasteiger partial charge in [-0.3, -0.25) is 9.78 Å². The number of aryl methyl sites for hydroxylation is 1. The second-order valence-electron chi connectivity index (χ2n) is 6.66. The van der Waals surface area contributed by atoms with Crippen LogP contribution in [0.25, 0.3) is 22.4 Å². The topological polar surface area (TPSA) is 112 Å². The molecule has 9 nitrogen and oxygen atoms in total. The first-order chi connectivity index (χ1) is 13.5. The van der Waals surface area contributed by atoms with E-state index in [9.17, 15) is 4.79 Å². The van der Waals surface area contributed by atoms with Crippen LogP contribution in [-0.4, -0.2) is 35.8 Å². The number of rotatable bonds is 5. The van der Waals surface area contributed by atoms with Crippen LogP contribution >= 0.6 is 0 Å². The number of nitrogens with one attached hydrogen (secondary N) is 1. The monoisotopic (exact) mass is 377 g/mol. The van der Waals surface area contributed by atoms with Crippen molar-refractivity contribution in [3.8, 4) is 11.4 Å². The number of aromatic nitrogens is 6. The van der Waals surface area contributed by atoms with E-state index in [4.69, 9.17) is 4.52 Å². The smallest absolute Gasteiger partial charge is 0.252 e. The average molecular weight is 377 g/mol. The van der Waals surface area contributed by atoms with Crippen LogP contribution in [0.15, 0.2) is 41.3 Å². The molecule has 142 valence electrons. The van der Waals surface area contributed by atoms with Crippen LogP contribution < -0.4 is 5.32 Å². The summed E-state index contributed by atoms with van der Waals surface area (Å²) in [6.07, 6.45) is 4.98. The third kappa shape index (κ3) is 3.34. The lowest BCUT2D eigenvalue weighted by molar-refractivity contribution is 0.0947. The minimum atomic E-state index is -0.248. The van der Waals surface area contributed by atoms with Gasteiger partial charge in [-0.05, 0) is 39.0 Å². The van der Waals surface area contributed by atoms with Crippen molar-refractivity contribution in [3.05, 3.63) is 53.9 Å². The molecule has 0 saturated heterocycles. The van der Waals surface area contributed by atoms with Gasteiger partial charge in [-0.1, -0.05) is 5.16 Å². The van der Waals surface area contributed by atoms with Gasteiger partial charge in [0, 0.05) is 29.7 Å². The number of nitrogens with zero attached hydrogens (tertiary/aromatic N) is 6. The molecule has 0 aliphatic heterocycles. The molecule has 4 aromatic heterocycles. The van der Waals surface area contributed by atoms with Crippen molar-refractivity contribution in [2.45, 2.75) is 33.4 Å². The van der Waals surface area contributed by atoms with Crippen LogP contribution in [0, 0.1) is 6.92 Å². The minimum Gasteiger partial charge on any atom is -0.343 e. The standard InChI is InChI=1S/C19H19N7O2/c1-11(2)26-18-15(9-22-26)14(8-12(3)23-18)19(27)21-10-16-24-17(25-28-16)13-4-6-20-7-5-13/h4-9,11H,10H2,1-3H3,(H,21,27). The highest BCUT2D eigenvalue weighted by molar-refractivity contribution is 6.05. The van der Waals surface area contributed by atoms with E-state index in [0.29, 0.717) is 28.3 Å². The summed E-state index contributed by atoms with van der Waals surface area (Å²) in [5.41, 5.74) is 2.75. The second-order valence-corrected chi connectivity index (χ2v) is 6.66. The van der Waals surface area contributed by atoms with Crippen LogP contribution in [0.2, 0.25) is 0 Å². The number of carbonyl (C=O) groups excluding carboxylic acids is 1. The lowest BCUT2D eigenvalue weighted by Gasteiger charge is -2.09. The molecule has 0 radical (unpaired) electrons. The van der Waals surface area contributed by atoms with Crippen molar-refractivity contribution in [2.24, 2.45) is 0 Å². The van der Waals surface area contributed by atoms with Crippen LogP contribution in [0.3, 0.4) is 0 Å². The maximum atomic E-state index is 12.8. The van der Waals surface area contributed by atoms with Gasteiger partial charge in [-0.2, -0.15) is 10.1 Å². The fourth-order valence-electron chi connectivity index (χ4n) is 2.90. The van der Waals surface area contributed by atoms with Crippen molar-refractivity contribution in [1.29, 1.82) is 0 Å². The highest BCUT2D eigenvalue weighted by Gasteiger charge is 2.17. The van der Waals surface area contributed by atoms with Gasteiger partial charge in [0.15, 0.2) is 5.65 Å². The van der Waals surface area contributed by atoms with Crippen molar-refractivity contribution in [1.82, 2.24) is 35.2 Å². The average Bonchev–Trinajstić information content (AvgIpc) is 3.33. The van der Waals surface area contributed by atoms with E-state index in [0.717, 1.165) is 11.3 Å². The molecule has 0 unspecified atom stereocenters. The van der Waals surface area contributed by atoms with E-state index >= 15 is 0 Å². The molecule has 0 spiro atoms. The number of pyridine rings is 2. The molecule has 0 aliphatic rings. The predicted octanol–water partition coefficient (Wildman–Crippen LogP) is 2.70. The molecule has 0 bridgehead atoms. The molecule has 9 heteroatoms. The summed E-state index contributed by atoms with van der Waals surface area (Å²) < 4.78 is 7.03. The second kappa shape index (κ2) is 7.18. The van der Waals surface area contributed by atoms with Crippen molar-refractivity contribution in [2.75, 3.05) is 0 Å². The van der Waals surface area contributed by atoms with E-state index < -0.39 is 0 Å². The van der Waals surface area contributed by atoms with E-state index in [1.807, 2.05) is 20.8 Å². The van der Waals surface area contributed by atoms with Crippen molar-refractivity contribution in [3.63, 3.8) is 0 Å². The molecule has 4 heterocycles. The summed E-state index contributed by atoms with van der Waals surface area (Å²) >= 11 is 0. The van der Waals surface area contributed by atoms with Gasteiger partial charge < -0.3 is 9.84 Å². The molecule has 28 heavy (non-hydrogen) atoms. The third-order valence-electron chi connectivity index (χ3n) is 4.24. The third-order valence-corrected chi connectivity index (χ3v) is 4.24. The summed E-state index contributed by atoms with van der Waals surface area (Å²) in [6, 6.07) is 5.47. The maximum Gasteiger partial charge on any atom is 0.252 e. The Bertz CT molecular complexity index is 1130. The number of carbonyl (C=O) groups is 1. The molecule has 1 N–H and O–H groups in total. The van der Waals surface area contributed by atoms with Crippen molar-refractivity contribution < 1.29 is 9.32 Å². The zero-order valence-electron chi connectivity index (χ0n) is 15.7. The quantitative estimate of drug-likeness (QED) is 0.569. The summed E-state index contributed by atoms with van der Waals surface area (Å²) in [4.78, 5) is 25.6. The summed E-state index contributed by atoms with van der Waals surface area (Å²) in [6.45, 7) is 6.02. The minimum absolute atomic E-state index is 0.123. The highest BCUT2D eigenvalue weighted by atomic mass is 16.5. The van der Waals surface area contributed by atoms with Crippen molar-refractivity contribution >= 4 is 16.9 Å². The molecular formula is C19H19N7O2. The Morgan fingerprint density at radius 3 is 2.79 bits per heavy atom. The predicted molar refractivity (Wildman–Crippen MR) is 101 cm³/mol. The Morgan fingerprint density at radius 2 is 2.04 bits per heavy atom. The largest absolute Gasteiger partial charge is 0.343 e. The number of hydrogen-bond donors (Lipinski definition) is 1. The number of fused-ring (bicyclic) bond motifs is 1. The molecule has 0 fully saturated rings. The number of hydrogen-bond acceptors (Lipinski definition) is 7. The molecular weight excluding hydrogens is 358 g/mol. The highest BCUT2D eigenvalue weighted by Crippen LogP contribution is 2.21. The van der Waals surface area contributed by atoms with Gasteiger partial charge >= 0.3 is 0 Å². The van der Waals surface area contributed by atoms with Crippen LogP contribution in [0.4, 0.5) is 0 Å².